The molecule has 0 saturated heterocycles. The summed E-state index contributed by atoms with van der Waals surface area (Å²) in [7, 11) is 1.68. The first-order chi connectivity index (χ1) is 8.28. The Hall–Kier alpha value is -1.06. The van der Waals surface area contributed by atoms with Gasteiger partial charge in [0.1, 0.15) is 5.75 Å². The summed E-state index contributed by atoms with van der Waals surface area (Å²) in [5.41, 5.74) is 1.23. The highest BCUT2D eigenvalue weighted by molar-refractivity contribution is 5.28. The van der Waals surface area contributed by atoms with Crippen LogP contribution in [0.3, 0.4) is 0 Å². The van der Waals surface area contributed by atoms with Crippen molar-refractivity contribution in [2.45, 2.75) is 44.4 Å². The van der Waals surface area contributed by atoms with Crippen molar-refractivity contribution in [2.75, 3.05) is 7.11 Å². The third-order valence-electron chi connectivity index (χ3n) is 3.38. The average molecular weight is 235 g/mol. The van der Waals surface area contributed by atoms with Crippen LogP contribution in [0.4, 0.5) is 0 Å². The Labute approximate surface area is 103 Å². The minimum atomic E-state index is -0.119. The molecule has 1 aromatic carbocycles. The van der Waals surface area contributed by atoms with Gasteiger partial charge in [-0.05, 0) is 43.4 Å². The molecule has 0 aromatic heterocycles. The molecule has 0 heterocycles. The lowest BCUT2D eigenvalue weighted by Crippen LogP contribution is -2.35. The summed E-state index contributed by atoms with van der Waals surface area (Å²) in [6, 6.07) is 8.55. The molecule has 2 atom stereocenters. The first-order valence-electron chi connectivity index (χ1n) is 6.32. The van der Waals surface area contributed by atoms with Crippen LogP contribution < -0.4 is 10.1 Å². The molecule has 2 N–H and O–H groups in total. The molecule has 0 aliphatic heterocycles. The maximum absolute atomic E-state index is 9.60. The summed E-state index contributed by atoms with van der Waals surface area (Å²) < 4.78 is 5.20. The molecule has 0 radical (unpaired) electrons. The molecule has 0 amide bonds. The highest BCUT2D eigenvalue weighted by atomic mass is 16.5. The number of ether oxygens (including phenoxy) is 1. The van der Waals surface area contributed by atoms with Gasteiger partial charge in [-0.25, -0.2) is 0 Å². The topological polar surface area (TPSA) is 41.5 Å². The third kappa shape index (κ3) is 3.72. The molecular formula is C14H21NO2. The van der Waals surface area contributed by atoms with Gasteiger partial charge in [-0.1, -0.05) is 12.1 Å². The van der Waals surface area contributed by atoms with Crippen molar-refractivity contribution in [1.82, 2.24) is 5.32 Å². The third-order valence-corrected chi connectivity index (χ3v) is 3.38. The van der Waals surface area contributed by atoms with Crippen molar-refractivity contribution < 1.29 is 9.84 Å². The highest BCUT2D eigenvalue weighted by Crippen LogP contribution is 2.19. The second-order valence-electron chi connectivity index (χ2n) is 4.75. The molecule has 2 unspecified atom stereocenters. The van der Waals surface area contributed by atoms with Gasteiger partial charge in [-0.2, -0.15) is 0 Å². The first kappa shape index (κ1) is 12.4. The minimum absolute atomic E-state index is 0.119. The van der Waals surface area contributed by atoms with E-state index in [0.717, 1.165) is 31.6 Å². The minimum Gasteiger partial charge on any atom is -0.497 e. The van der Waals surface area contributed by atoms with E-state index in [1.165, 1.54) is 12.0 Å². The van der Waals surface area contributed by atoms with E-state index in [-0.39, 0.29) is 6.10 Å². The molecule has 1 saturated carbocycles. The Morgan fingerprint density at radius 1 is 1.41 bits per heavy atom. The summed E-state index contributed by atoms with van der Waals surface area (Å²) >= 11 is 0. The fraction of sp³-hybridized carbons (Fsp3) is 0.571. The number of aliphatic hydroxyl groups is 1. The number of rotatable bonds is 4. The Balaban J connectivity index is 1.84. The number of aliphatic hydroxyl groups excluding tert-OH is 1. The summed E-state index contributed by atoms with van der Waals surface area (Å²) in [4.78, 5) is 0. The van der Waals surface area contributed by atoms with Crippen molar-refractivity contribution in [3.63, 3.8) is 0 Å². The van der Waals surface area contributed by atoms with E-state index in [1.807, 2.05) is 18.2 Å². The van der Waals surface area contributed by atoms with E-state index >= 15 is 0 Å². The maximum atomic E-state index is 9.60. The predicted molar refractivity (Wildman–Crippen MR) is 68.1 cm³/mol. The van der Waals surface area contributed by atoms with Gasteiger partial charge in [0.15, 0.2) is 0 Å². The standard InChI is InChI=1S/C14H21NO2/c1-17-14-7-2-4-11(8-14)10-15-12-5-3-6-13(16)9-12/h2,4,7-8,12-13,15-16H,3,5-6,9-10H2,1H3. The average Bonchev–Trinajstić information content (AvgIpc) is 2.37. The van der Waals surface area contributed by atoms with Crippen LogP contribution in [0.2, 0.25) is 0 Å². The predicted octanol–water partition coefficient (Wildman–Crippen LogP) is 2.09. The summed E-state index contributed by atoms with van der Waals surface area (Å²) in [6.45, 7) is 0.842. The van der Waals surface area contributed by atoms with Crippen LogP contribution in [-0.2, 0) is 6.54 Å². The van der Waals surface area contributed by atoms with Crippen LogP contribution in [-0.4, -0.2) is 24.4 Å². The molecule has 17 heavy (non-hydrogen) atoms. The van der Waals surface area contributed by atoms with E-state index in [2.05, 4.69) is 11.4 Å². The molecule has 0 bridgehead atoms. The van der Waals surface area contributed by atoms with E-state index in [9.17, 15) is 5.11 Å². The van der Waals surface area contributed by atoms with Gasteiger partial charge in [0, 0.05) is 12.6 Å². The smallest absolute Gasteiger partial charge is 0.119 e. The summed E-state index contributed by atoms with van der Waals surface area (Å²) in [6.07, 6.45) is 4.01. The van der Waals surface area contributed by atoms with E-state index in [1.54, 1.807) is 7.11 Å². The molecule has 3 nitrogen and oxygen atoms in total. The molecular weight excluding hydrogens is 214 g/mol. The van der Waals surface area contributed by atoms with Crippen molar-refractivity contribution in [3.8, 4) is 5.75 Å². The van der Waals surface area contributed by atoms with Crippen LogP contribution in [0.5, 0.6) is 5.75 Å². The second kappa shape index (κ2) is 6.03. The lowest BCUT2D eigenvalue weighted by Gasteiger charge is -2.26. The van der Waals surface area contributed by atoms with Crippen LogP contribution in [0.25, 0.3) is 0 Å². The largest absolute Gasteiger partial charge is 0.497 e. The normalized spacial score (nSPS) is 24.6. The fourth-order valence-corrected chi connectivity index (χ4v) is 2.39. The van der Waals surface area contributed by atoms with Gasteiger partial charge >= 0.3 is 0 Å². The zero-order chi connectivity index (χ0) is 12.1. The lowest BCUT2D eigenvalue weighted by atomic mass is 9.93. The Morgan fingerprint density at radius 3 is 3.06 bits per heavy atom. The number of methoxy groups -OCH3 is 1. The van der Waals surface area contributed by atoms with Crippen LogP contribution in [0, 0.1) is 0 Å². The van der Waals surface area contributed by atoms with Gasteiger partial charge in [0.05, 0.1) is 13.2 Å². The van der Waals surface area contributed by atoms with Crippen LogP contribution in [0.1, 0.15) is 31.2 Å². The van der Waals surface area contributed by atoms with E-state index in [4.69, 9.17) is 4.74 Å². The molecule has 94 valence electrons. The van der Waals surface area contributed by atoms with Gasteiger partial charge in [-0.3, -0.25) is 0 Å². The second-order valence-corrected chi connectivity index (χ2v) is 4.75. The quantitative estimate of drug-likeness (QED) is 0.839. The number of nitrogens with one attached hydrogen (secondary N) is 1. The highest BCUT2D eigenvalue weighted by Gasteiger charge is 2.19. The Morgan fingerprint density at radius 2 is 2.29 bits per heavy atom. The molecule has 1 aliphatic carbocycles. The van der Waals surface area contributed by atoms with Gasteiger partial charge in [-0.15, -0.1) is 0 Å². The van der Waals surface area contributed by atoms with E-state index in [0.29, 0.717) is 6.04 Å². The fourth-order valence-electron chi connectivity index (χ4n) is 2.39. The van der Waals surface area contributed by atoms with Crippen molar-refractivity contribution in [1.29, 1.82) is 0 Å². The van der Waals surface area contributed by atoms with Crippen LogP contribution in [0.15, 0.2) is 24.3 Å². The maximum Gasteiger partial charge on any atom is 0.119 e. The molecule has 1 aliphatic rings. The Kier molecular flexibility index (Phi) is 4.40. The van der Waals surface area contributed by atoms with Crippen molar-refractivity contribution in [2.24, 2.45) is 0 Å². The van der Waals surface area contributed by atoms with Crippen LogP contribution >= 0.6 is 0 Å². The Bertz CT molecular complexity index is 354. The van der Waals surface area contributed by atoms with Gasteiger partial charge in [0.25, 0.3) is 0 Å². The molecule has 2 rings (SSSR count). The first-order valence-corrected chi connectivity index (χ1v) is 6.32. The molecule has 0 spiro atoms. The number of hydrogen-bond acceptors (Lipinski definition) is 3. The zero-order valence-electron chi connectivity index (χ0n) is 10.4. The lowest BCUT2D eigenvalue weighted by molar-refractivity contribution is 0.111. The monoisotopic (exact) mass is 235 g/mol. The molecule has 1 fully saturated rings. The van der Waals surface area contributed by atoms with Gasteiger partial charge in [0.2, 0.25) is 0 Å². The SMILES string of the molecule is COc1cccc(CNC2CCCC(O)C2)c1. The van der Waals surface area contributed by atoms with Gasteiger partial charge < -0.3 is 15.2 Å². The molecule has 1 aromatic rings. The zero-order valence-corrected chi connectivity index (χ0v) is 10.4. The van der Waals surface area contributed by atoms with E-state index < -0.39 is 0 Å². The number of hydrogen-bond donors (Lipinski definition) is 2. The summed E-state index contributed by atoms with van der Waals surface area (Å²) in [5.74, 6) is 0.896. The molecule has 3 heteroatoms. The summed E-state index contributed by atoms with van der Waals surface area (Å²) in [5, 5.41) is 13.1. The number of benzene rings is 1. The van der Waals surface area contributed by atoms with Crippen molar-refractivity contribution in [3.05, 3.63) is 29.8 Å². The van der Waals surface area contributed by atoms with Crippen molar-refractivity contribution >= 4 is 0 Å².